The average Bonchev–Trinajstić information content (AvgIpc) is 1.97. The number of aromatic nitrogens is 2. The average molecular weight is 206 g/mol. The molecule has 1 aliphatic carbocycles. The van der Waals surface area contributed by atoms with Crippen molar-refractivity contribution < 1.29 is 0 Å². The Labute approximate surface area is 89.9 Å². The summed E-state index contributed by atoms with van der Waals surface area (Å²) in [6.45, 7) is 6.00. The topological polar surface area (TPSA) is 45.8 Å². The third kappa shape index (κ3) is 1.83. The number of H-pyrrole nitrogens is 1. The van der Waals surface area contributed by atoms with Gasteiger partial charge < -0.3 is 4.98 Å². The van der Waals surface area contributed by atoms with Gasteiger partial charge in [-0.1, -0.05) is 20.3 Å². The Bertz CT molecular complexity index is 416. The molecule has 2 rings (SSSR count). The fraction of sp³-hybridized carbons (Fsp3) is 0.667. The highest BCUT2D eigenvalue weighted by Crippen LogP contribution is 2.34. The summed E-state index contributed by atoms with van der Waals surface area (Å²) < 4.78 is 0. The van der Waals surface area contributed by atoms with Crippen molar-refractivity contribution in [3.63, 3.8) is 0 Å². The third-order valence-electron chi connectivity index (χ3n) is 3.23. The van der Waals surface area contributed by atoms with Crippen molar-refractivity contribution >= 4 is 0 Å². The van der Waals surface area contributed by atoms with E-state index in [-0.39, 0.29) is 11.5 Å². The van der Waals surface area contributed by atoms with Gasteiger partial charge in [0.25, 0.3) is 5.56 Å². The third-order valence-corrected chi connectivity index (χ3v) is 3.23. The monoisotopic (exact) mass is 206 g/mol. The Morgan fingerprint density at radius 1 is 1.40 bits per heavy atom. The normalized spacial score (nSPS) is 16.8. The Morgan fingerprint density at radius 2 is 2.07 bits per heavy atom. The molecule has 15 heavy (non-hydrogen) atoms. The van der Waals surface area contributed by atoms with Gasteiger partial charge in [0.05, 0.1) is 0 Å². The van der Waals surface area contributed by atoms with Gasteiger partial charge in [-0.2, -0.15) is 0 Å². The van der Waals surface area contributed by atoms with Crippen LogP contribution in [0.25, 0.3) is 0 Å². The van der Waals surface area contributed by atoms with Crippen LogP contribution in [0.3, 0.4) is 0 Å². The maximum Gasteiger partial charge on any atom is 0.254 e. The Balaban J connectivity index is 2.42. The van der Waals surface area contributed by atoms with Crippen molar-refractivity contribution in [2.75, 3.05) is 0 Å². The Hall–Kier alpha value is -1.12. The zero-order valence-corrected chi connectivity index (χ0v) is 9.63. The predicted octanol–water partition coefficient (Wildman–Crippen LogP) is 2.47. The molecule has 3 nitrogen and oxygen atoms in total. The molecule has 1 aliphatic rings. The van der Waals surface area contributed by atoms with Crippen LogP contribution in [0.2, 0.25) is 0 Å². The molecule has 0 amide bonds. The van der Waals surface area contributed by atoms with E-state index < -0.39 is 0 Å². The second-order valence-electron chi connectivity index (χ2n) is 4.73. The van der Waals surface area contributed by atoms with Crippen LogP contribution in [0.15, 0.2) is 4.79 Å². The number of hydrogen-bond donors (Lipinski definition) is 1. The fourth-order valence-electron chi connectivity index (χ4n) is 2.17. The molecule has 1 aromatic heterocycles. The molecule has 1 aromatic rings. The summed E-state index contributed by atoms with van der Waals surface area (Å²) in [5.41, 5.74) is 1.79. The van der Waals surface area contributed by atoms with E-state index in [4.69, 9.17) is 0 Å². The molecule has 1 N–H and O–H groups in total. The molecule has 0 unspecified atom stereocenters. The van der Waals surface area contributed by atoms with Crippen LogP contribution >= 0.6 is 0 Å². The summed E-state index contributed by atoms with van der Waals surface area (Å²) in [6, 6.07) is 0. The summed E-state index contributed by atoms with van der Waals surface area (Å²) >= 11 is 0. The van der Waals surface area contributed by atoms with Gasteiger partial charge in [0.2, 0.25) is 0 Å². The minimum atomic E-state index is 0.0550. The lowest BCUT2D eigenvalue weighted by molar-refractivity contribution is 0.399. The van der Waals surface area contributed by atoms with Gasteiger partial charge in [-0.15, -0.1) is 0 Å². The van der Waals surface area contributed by atoms with Crippen LogP contribution in [0.5, 0.6) is 0 Å². The first-order valence-electron chi connectivity index (χ1n) is 5.70. The summed E-state index contributed by atoms with van der Waals surface area (Å²) in [5, 5.41) is 0. The molecule has 0 saturated heterocycles. The van der Waals surface area contributed by atoms with Gasteiger partial charge in [0.1, 0.15) is 5.82 Å². The largest absolute Gasteiger partial charge is 0.310 e. The van der Waals surface area contributed by atoms with Gasteiger partial charge >= 0.3 is 0 Å². The molecule has 0 aromatic carbocycles. The molecule has 3 heteroatoms. The summed E-state index contributed by atoms with van der Waals surface area (Å²) in [5.74, 6) is 1.64. The Kier molecular flexibility index (Phi) is 2.63. The fourth-order valence-corrected chi connectivity index (χ4v) is 2.17. The van der Waals surface area contributed by atoms with Crippen LogP contribution in [-0.2, 0) is 0 Å². The molecule has 0 bridgehead atoms. The van der Waals surface area contributed by atoms with E-state index in [9.17, 15) is 4.79 Å². The van der Waals surface area contributed by atoms with E-state index in [0.29, 0.717) is 5.92 Å². The number of nitrogens with zero attached hydrogens (tertiary/aromatic N) is 1. The van der Waals surface area contributed by atoms with E-state index in [1.807, 2.05) is 20.8 Å². The second kappa shape index (κ2) is 3.80. The van der Waals surface area contributed by atoms with Crippen molar-refractivity contribution in [1.82, 2.24) is 9.97 Å². The van der Waals surface area contributed by atoms with Gasteiger partial charge in [0, 0.05) is 17.2 Å². The summed E-state index contributed by atoms with van der Waals surface area (Å²) in [6.07, 6.45) is 3.60. The lowest BCUT2D eigenvalue weighted by atomic mass is 9.84. The molecule has 82 valence electrons. The first kappa shape index (κ1) is 10.4. The van der Waals surface area contributed by atoms with Gasteiger partial charge in [0.15, 0.2) is 0 Å². The molecule has 0 radical (unpaired) electrons. The zero-order chi connectivity index (χ0) is 11.0. The summed E-state index contributed by atoms with van der Waals surface area (Å²) in [4.78, 5) is 19.3. The van der Waals surface area contributed by atoms with E-state index in [1.165, 1.54) is 19.3 Å². The quantitative estimate of drug-likeness (QED) is 0.808. The standard InChI is InChI=1S/C12H18N2O/c1-7(2)10-8(3)13-11(14-12(10)15)9-5-4-6-9/h7,9H,4-6H2,1-3H3,(H,13,14,15). The minimum Gasteiger partial charge on any atom is -0.310 e. The highest BCUT2D eigenvalue weighted by atomic mass is 16.1. The highest BCUT2D eigenvalue weighted by molar-refractivity contribution is 5.21. The molecule has 1 fully saturated rings. The highest BCUT2D eigenvalue weighted by Gasteiger charge is 2.23. The lowest BCUT2D eigenvalue weighted by Gasteiger charge is -2.24. The van der Waals surface area contributed by atoms with Crippen molar-refractivity contribution in [2.24, 2.45) is 0 Å². The van der Waals surface area contributed by atoms with Crippen LogP contribution in [0, 0.1) is 6.92 Å². The maximum absolute atomic E-state index is 11.9. The maximum atomic E-state index is 11.9. The molecule has 0 aliphatic heterocycles. The van der Waals surface area contributed by atoms with E-state index in [2.05, 4.69) is 9.97 Å². The van der Waals surface area contributed by atoms with Gasteiger partial charge in [-0.25, -0.2) is 4.98 Å². The summed E-state index contributed by atoms with van der Waals surface area (Å²) in [7, 11) is 0. The first-order valence-corrected chi connectivity index (χ1v) is 5.70. The van der Waals surface area contributed by atoms with E-state index >= 15 is 0 Å². The van der Waals surface area contributed by atoms with E-state index in [0.717, 1.165) is 17.1 Å². The predicted molar refractivity (Wildman–Crippen MR) is 60.3 cm³/mol. The molecule has 0 spiro atoms. The SMILES string of the molecule is Cc1nc(C2CCC2)[nH]c(=O)c1C(C)C. The number of rotatable bonds is 2. The zero-order valence-electron chi connectivity index (χ0n) is 9.63. The van der Waals surface area contributed by atoms with Gasteiger partial charge in [-0.3, -0.25) is 4.79 Å². The van der Waals surface area contributed by atoms with Crippen LogP contribution in [0.1, 0.15) is 62.0 Å². The Morgan fingerprint density at radius 3 is 2.47 bits per heavy atom. The first-order chi connectivity index (χ1) is 7.09. The minimum absolute atomic E-state index is 0.0550. The van der Waals surface area contributed by atoms with Crippen LogP contribution in [0.4, 0.5) is 0 Å². The van der Waals surface area contributed by atoms with E-state index in [1.54, 1.807) is 0 Å². The molecule has 1 saturated carbocycles. The van der Waals surface area contributed by atoms with Crippen LogP contribution < -0.4 is 5.56 Å². The number of aryl methyl sites for hydroxylation is 1. The molecular weight excluding hydrogens is 188 g/mol. The lowest BCUT2D eigenvalue weighted by Crippen LogP contribution is -2.23. The van der Waals surface area contributed by atoms with Gasteiger partial charge in [-0.05, 0) is 25.7 Å². The molecule has 1 heterocycles. The smallest absolute Gasteiger partial charge is 0.254 e. The second-order valence-corrected chi connectivity index (χ2v) is 4.73. The van der Waals surface area contributed by atoms with Crippen molar-refractivity contribution in [1.29, 1.82) is 0 Å². The molecule has 0 atom stereocenters. The van der Waals surface area contributed by atoms with Crippen molar-refractivity contribution in [3.8, 4) is 0 Å². The van der Waals surface area contributed by atoms with Crippen LogP contribution in [-0.4, -0.2) is 9.97 Å². The van der Waals surface area contributed by atoms with Crippen molar-refractivity contribution in [2.45, 2.75) is 51.9 Å². The molecular formula is C12H18N2O. The van der Waals surface area contributed by atoms with Crippen molar-refractivity contribution in [3.05, 3.63) is 27.4 Å². The number of hydrogen-bond acceptors (Lipinski definition) is 2. The number of aromatic amines is 1. The number of nitrogens with one attached hydrogen (secondary N) is 1.